The lowest BCUT2D eigenvalue weighted by Crippen LogP contribution is -2.42. The Morgan fingerprint density at radius 2 is 2.07 bits per heavy atom. The molecule has 0 saturated carbocycles. The van der Waals surface area contributed by atoms with Gasteiger partial charge in [0.15, 0.2) is 5.82 Å². The van der Waals surface area contributed by atoms with Crippen LogP contribution < -0.4 is 0 Å². The van der Waals surface area contributed by atoms with E-state index in [1.165, 1.54) is 23.4 Å². The smallest absolute Gasteiger partial charge is 0.243 e. The number of sulfonamides is 1. The summed E-state index contributed by atoms with van der Waals surface area (Å²) in [4.78, 5) is 17.9. The molecule has 1 aliphatic heterocycles. The van der Waals surface area contributed by atoms with Crippen LogP contribution in [0.2, 0.25) is 0 Å². The lowest BCUT2D eigenvalue weighted by Gasteiger charge is -2.27. The average molecular weight is 396 g/mol. The maximum atomic E-state index is 13.1. The van der Waals surface area contributed by atoms with Crippen LogP contribution in [-0.2, 0) is 21.2 Å². The van der Waals surface area contributed by atoms with E-state index in [9.17, 15) is 17.6 Å². The number of rotatable bonds is 6. The molecule has 1 atom stereocenters. The quantitative estimate of drug-likeness (QED) is 0.732. The van der Waals surface area contributed by atoms with Crippen molar-refractivity contribution in [1.29, 1.82) is 0 Å². The van der Waals surface area contributed by atoms with Crippen LogP contribution >= 0.6 is 0 Å². The Morgan fingerprint density at radius 1 is 1.37 bits per heavy atom. The summed E-state index contributed by atoms with van der Waals surface area (Å²) in [5, 5.41) is 3.81. The molecule has 0 N–H and O–H groups in total. The van der Waals surface area contributed by atoms with Gasteiger partial charge in [-0.25, -0.2) is 12.8 Å². The van der Waals surface area contributed by atoms with Crippen LogP contribution in [0.15, 0.2) is 33.7 Å². The molecule has 1 aliphatic rings. The lowest BCUT2D eigenvalue weighted by atomic mass is 10.2. The van der Waals surface area contributed by atoms with Crippen molar-refractivity contribution in [1.82, 2.24) is 19.3 Å². The van der Waals surface area contributed by atoms with E-state index in [1.807, 2.05) is 0 Å². The highest BCUT2D eigenvalue weighted by molar-refractivity contribution is 7.89. The SMILES string of the molecule is CC(=O)N(CCc1noc(C)n1)C1CCN(S(=O)(=O)c2ccc(F)cc2)C1. The molecule has 0 aliphatic carbocycles. The average Bonchev–Trinajstić information content (AvgIpc) is 3.25. The van der Waals surface area contributed by atoms with Gasteiger partial charge in [0, 0.05) is 45.9 Å². The number of aromatic nitrogens is 2. The van der Waals surface area contributed by atoms with Gasteiger partial charge in [-0.3, -0.25) is 4.79 Å². The summed E-state index contributed by atoms with van der Waals surface area (Å²) >= 11 is 0. The summed E-state index contributed by atoms with van der Waals surface area (Å²) < 4.78 is 44.8. The van der Waals surface area contributed by atoms with E-state index in [0.717, 1.165) is 12.1 Å². The second-order valence-corrected chi connectivity index (χ2v) is 8.39. The highest BCUT2D eigenvalue weighted by atomic mass is 32.2. The highest BCUT2D eigenvalue weighted by Gasteiger charge is 2.36. The van der Waals surface area contributed by atoms with Gasteiger partial charge in [0.05, 0.1) is 4.90 Å². The number of carbonyl (C=O) groups is 1. The van der Waals surface area contributed by atoms with E-state index in [0.29, 0.717) is 37.6 Å². The van der Waals surface area contributed by atoms with Crippen molar-refractivity contribution in [2.75, 3.05) is 19.6 Å². The molecule has 0 bridgehead atoms. The van der Waals surface area contributed by atoms with Gasteiger partial charge in [-0.05, 0) is 30.7 Å². The van der Waals surface area contributed by atoms with Gasteiger partial charge in [0.2, 0.25) is 21.8 Å². The fraction of sp³-hybridized carbons (Fsp3) is 0.471. The maximum absolute atomic E-state index is 13.1. The second kappa shape index (κ2) is 7.73. The van der Waals surface area contributed by atoms with E-state index < -0.39 is 15.8 Å². The van der Waals surface area contributed by atoms with Gasteiger partial charge >= 0.3 is 0 Å². The van der Waals surface area contributed by atoms with E-state index >= 15 is 0 Å². The Morgan fingerprint density at radius 3 is 2.67 bits per heavy atom. The molecule has 1 saturated heterocycles. The second-order valence-electron chi connectivity index (χ2n) is 6.45. The molecule has 27 heavy (non-hydrogen) atoms. The van der Waals surface area contributed by atoms with Crippen LogP contribution in [0.25, 0.3) is 0 Å². The van der Waals surface area contributed by atoms with Gasteiger partial charge in [-0.15, -0.1) is 0 Å². The summed E-state index contributed by atoms with van der Waals surface area (Å²) in [5.41, 5.74) is 0. The third kappa shape index (κ3) is 4.33. The van der Waals surface area contributed by atoms with Crippen molar-refractivity contribution in [2.24, 2.45) is 0 Å². The van der Waals surface area contributed by atoms with E-state index in [1.54, 1.807) is 11.8 Å². The molecule has 0 radical (unpaired) electrons. The van der Waals surface area contributed by atoms with Crippen molar-refractivity contribution in [2.45, 2.75) is 37.6 Å². The van der Waals surface area contributed by atoms with Crippen molar-refractivity contribution in [3.8, 4) is 0 Å². The number of amides is 1. The minimum atomic E-state index is -3.72. The number of halogens is 1. The molecule has 3 rings (SSSR count). The molecular formula is C17H21FN4O4S. The van der Waals surface area contributed by atoms with Crippen LogP contribution in [0.4, 0.5) is 4.39 Å². The first-order valence-electron chi connectivity index (χ1n) is 8.59. The third-order valence-corrected chi connectivity index (χ3v) is 6.45. The molecule has 2 heterocycles. The van der Waals surface area contributed by atoms with Crippen LogP contribution in [0, 0.1) is 12.7 Å². The fourth-order valence-electron chi connectivity index (χ4n) is 3.20. The molecule has 1 fully saturated rings. The molecular weight excluding hydrogens is 375 g/mol. The molecule has 146 valence electrons. The summed E-state index contributed by atoms with van der Waals surface area (Å²) in [7, 11) is -3.72. The Balaban J connectivity index is 1.68. The highest BCUT2D eigenvalue weighted by Crippen LogP contribution is 2.24. The topological polar surface area (TPSA) is 96.6 Å². The number of hydrogen-bond donors (Lipinski definition) is 0. The molecule has 0 spiro atoms. The monoisotopic (exact) mass is 396 g/mol. The number of benzene rings is 1. The number of carbonyl (C=O) groups excluding carboxylic acids is 1. The molecule has 1 aromatic carbocycles. The molecule has 10 heteroatoms. The van der Waals surface area contributed by atoms with Gasteiger partial charge < -0.3 is 9.42 Å². The Bertz CT molecular complexity index is 913. The van der Waals surface area contributed by atoms with Crippen molar-refractivity contribution in [3.05, 3.63) is 41.8 Å². The minimum Gasteiger partial charge on any atom is -0.340 e. The summed E-state index contributed by atoms with van der Waals surface area (Å²) in [6, 6.07) is 4.51. The first-order chi connectivity index (χ1) is 12.8. The van der Waals surface area contributed by atoms with Crippen LogP contribution in [-0.4, -0.2) is 59.3 Å². The number of aryl methyl sites for hydroxylation is 1. The lowest BCUT2D eigenvalue weighted by molar-refractivity contribution is -0.130. The first kappa shape index (κ1) is 19.4. The normalized spacial score (nSPS) is 18.0. The van der Waals surface area contributed by atoms with Crippen LogP contribution in [0.5, 0.6) is 0 Å². The Labute approximate surface area is 157 Å². The predicted molar refractivity (Wildman–Crippen MR) is 93.7 cm³/mol. The third-order valence-electron chi connectivity index (χ3n) is 4.57. The molecule has 1 amide bonds. The molecule has 1 unspecified atom stereocenters. The van der Waals surface area contributed by atoms with Crippen molar-refractivity contribution >= 4 is 15.9 Å². The largest absolute Gasteiger partial charge is 0.340 e. The van der Waals surface area contributed by atoms with Crippen molar-refractivity contribution < 1.29 is 22.1 Å². The van der Waals surface area contributed by atoms with Gasteiger partial charge in [0.1, 0.15) is 5.82 Å². The van der Waals surface area contributed by atoms with Gasteiger partial charge in [0.25, 0.3) is 0 Å². The van der Waals surface area contributed by atoms with E-state index in [-0.39, 0.29) is 23.4 Å². The van der Waals surface area contributed by atoms with Crippen molar-refractivity contribution in [3.63, 3.8) is 0 Å². The predicted octanol–water partition coefficient (Wildman–Crippen LogP) is 1.37. The standard InChI is InChI=1S/C17H21FN4O4S/c1-12-19-17(20-26-12)8-10-22(13(2)23)15-7-9-21(11-15)27(24,25)16-5-3-14(18)4-6-16/h3-6,15H,7-11H2,1-2H3. The zero-order chi connectivity index (χ0) is 19.6. The Hall–Kier alpha value is -2.33. The zero-order valence-corrected chi connectivity index (χ0v) is 15.9. The number of nitrogens with zero attached hydrogens (tertiary/aromatic N) is 4. The summed E-state index contributed by atoms with van der Waals surface area (Å²) in [5.74, 6) is 0.332. The molecule has 1 aromatic heterocycles. The van der Waals surface area contributed by atoms with Gasteiger partial charge in [-0.2, -0.15) is 9.29 Å². The van der Waals surface area contributed by atoms with Gasteiger partial charge in [-0.1, -0.05) is 5.16 Å². The maximum Gasteiger partial charge on any atom is 0.243 e. The van der Waals surface area contributed by atoms with Crippen LogP contribution in [0.3, 0.4) is 0 Å². The number of hydrogen-bond acceptors (Lipinski definition) is 6. The van der Waals surface area contributed by atoms with E-state index in [4.69, 9.17) is 4.52 Å². The van der Waals surface area contributed by atoms with E-state index in [2.05, 4.69) is 10.1 Å². The Kier molecular flexibility index (Phi) is 5.56. The zero-order valence-electron chi connectivity index (χ0n) is 15.1. The minimum absolute atomic E-state index is 0.0428. The molecule has 2 aromatic rings. The summed E-state index contributed by atoms with van der Waals surface area (Å²) in [6.07, 6.45) is 0.962. The summed E-state index contributed by atoms with van der Waals surface area (Å²) in [6.45, 7) is 4.02. The first-order valence-corrected chi connectivity index (χ1v) is 10.0. The van der Waals surface area contributed by atoms with Crippen LogP contribution in [0.1, 0.15) is 25.1 Å². The fourth-order valence-corrected chi connectivity index (χ4v) is 4.69. The molecule has 8 nitrogen and oxygen atoms in total.